The van der Waals surface area contributed by atoms with Crippen LogP contribution in [0.2, 0.25) is 0 Å². The molecule has 0 spiro atoms. The molecule has 4 nitrogen and oxygen atoms in total. The van der Waals surface area contributed by atoms with E-state index in [4.69, 9.17) is 19.7 Å². The van der Waals surface area contributed by atoms with Crippen molar-refractivity contribution in [2.75, 3.05) is 7.11 Å². The lowest BCUT2D eigenvalue weighted by Crippen LogP contribution is -1.88. The zero-order chi connectivity index (χ0) is 17.5. The van der Waals surface area contributed by atoms with Gasteiger partial charge in [0.25, 0.3) is 0 Å². The highest BCUT2D eigenvalue weighted by Crippen LogP contribution is 2.24. The Hall–Kier alpha value is -2.23. The smallest absolute Gasteiger partial charge is 0.497 e. The van der Waals surface area contributed by atoms with Crippen molar-refractivity contribution in [2.45, 2.75) is 46.0 Å². The predicted molar refractivity (Wildman–Crippen MR) is 95.2 cm³/mol. The third kappa shape index (κ3) is 11.0. The lowest BCUT2D eigenvalue weighted by molar-refractivity contribution is 0.137. The van der Waals surface area contributed by atoms with Crippen LogP contribution in [0.3, 0.4) is 0 Å². The summed E-state index contributed by atoms with van der Waals surface area (Å²) in [6.07, 6.45) is 11.0. The van der Waals surface area contributed by atoms with E-state index in [9.17, 15) is 0 Å². The molecule has 0 fully saturated rings. The van der Waals surface area contributed by atoms with E-state index in [1.807, 2.05) is 12.1 Å². The topological polar surface area (TPSA) is 66.8 Å². The van der Waals surface area contributed by atoms with Crippen LogP contribution < -0.4 is 4.74 Å². The van der Waals surface area contributed by atoms with Gasteiger partial charge in [-0.25, -0.2) is 4.79 Å². The third-order valence-electron chi connectivity index (χ3n) is 3.25. The van der Waals surface area contributed by atoms with Gasteiger partial charge in [0.05, 0.1) is 7.11 Å². The highest BCUT2D eigenvalue weighted by atomic mass is 16.6. The van der Waals surface area contributed by atoms with Gasteiger partial charge >= 0.3 is 6.16 Å². The first kappa shape index (κ1) is 20.8. The van der Waals surface area contributed by atoms with Crippen molar-refractivity contribution in [3.8, 4) is 5.75 Å². The van der Waals surface area contributed by atoms with Gasteiger partial charge in [0.2, 0.25) is 0 Å². The van der Waals surface area contributed by atoms with Crippen LogP contribution >= 0.6 is 0 Å². The van der Waals surface area contributed by atoms with Gasteiger partial charge in [0.15, 0.2) is 0 Å². The molecule has 0 amide bonds. The molecule has 1 aromatic rings. The van der Waals surface area contributed by atoms with Gasteiger partial charge in [-0.05, 0) is 43.0 Å². The van der Waals surface area contributed by atoms with E-state index in [0.29, 0.717) is 0 Å². The summed E-state index contributed by atoms with van der Waals surface area (Å²) in [5, 5.41) is 13.9. The van der Waals surface area contributed by atoms with Crippen molar-refractivity contribution in [1.29, 1.82) is 0 Å². The van der Waals surface area contributed by atoms with Gasteiger partial charge in [-0.3, -0.25) is 0 Å². The fraction of sp³-hybridized carbons (Fsp3) is 0.421. The molecule has 0 atom stereocenters. The molecule has 4 heteroatoms. The monoisotopic (exact) mass is 320 g/mol. The number of hydrogen-bond donors (Lipinski definition) is 2. The van der Waals surface area contributed by atoms with E-state index < -0.39 is 6.16 Å². The van der Waals surface area contributed by atoms with Crippen LogP contribution in [0.1, 0.15) is 51.5 Å². The van der Waals surface area contributed by atoms with Gasteiger partial charge in [0.1, 0.15) is 5.75 Å². The summed E-state index contributed by atoms with van der Waals surface area (Å²) in [5.74, 6) is 0.917. The number of rotatable bonds is 8. The molecule has 1 aromatic carbocycles. The first-order valence-corrected chi connectivity index (χ1v) is 7.93. The molecule has 0 aliphatic heterocycles. The standard InChI is InChI=1S/C18H26O.CH2O3/c1-4-6-8-9-11-16(10-7-5-2)17-12-14-18(19-3)15-13-17;2-1(3)4/h5,7,10,12-15H,4,6,8-9,11H2,1-3H3;(H2,2,3,4)/b7-5+,16-10+;. The van der Waals surface area contributed by atoms with Gasteiger partial charge in [0, 0.05) is 0 Å². The average molecular weight is 320 g/mol. The number of hydrogen-bond acceptors (Lipinski definition) is 2. The second kappa shape index (κ2) is 13.4. The maximum Gasteiger partial charge on any atom is 0.503 e. The van der Waals surface area contributed by atoms with Crippen molar-refractivity contribution in [3.63, 3.8) is 0 Å². The number of unbranched alkanes of at least 4 members (excludes halogenated alkanes) is 3. The lowest BCUT2D eigenvalue weighted by Gasteiger charge is -2.08. The fourth-order valence-corrected chi connectivity index (χ4v) is 2.08. The molecule has 0 saturated heterocycles. The molecule has 0 aliphatic rings. The largest absolute Gasteiger partial charge is 0.503 e. The number of carbonyl (C=O) groups is 1. The lowest BCUT2D eigenvalue weighted by atomic mass is 9.98. The first-order valence-electron chi connectivity index (χ1n) is 7.93. The second-order valence-corrected chi connectivity index (χ2v) is 5.04. The number of benzene rings is 1. The molecule has 0 bridgehead atoms. The molecular formula is C19H28O4. The molecule has 2 N–H and O–H groups in total. The zero-order valence-electron chi connectivity index (χ0n) is 14.3. The van der Waals surface area contributed by atoms with Crippen LogP contribution in [0.5, 0.6) is 5.75 Å². The third-order valence-corrected chi connectivity index (χ3v) is 3.25. The number of allylic oxidation sites excluding steroid dienone is 4. The van der Waals surface area contributed by atoms with E-state index >= 15 is 0 Å². The summed E-state index contributed by atoms with van der Waals surface area (Å²) in [7, 11) is 1.70. The second-order valence-electron chi connectivity index (χ2n) is 5.04. The van der Waals surface area contributed by atoms with Gasteiger partial charge in [-0.15, -0.1) is 0 Å². The minimum absolute atomic E-state index is 0.917. The Morgan fingerprint density at radius 1 is 1.13 bits per heavy atom. The molecule has 128 valence electrons. The summed E-state index contributed by atoms with van der Waals surface area (Å²) in [6.45, 7) is 4.30. The quantitative estimate of drug-likeness (QED) is 0.466. The Bertz CT molecular complexity index is 483. The Labute approximate surface area is 139 Å². The fourth-order valence-electron chi connectivity index (χ4n) is 2.08. The van der Waals surface area contributed by atoms with Crippen LogP contribution in [0.25, 0.3) is 5.57 Å². The maximum atomic E-state index is 8.56. The summed E-state index contributed by atoms with van der Waals surface area (Å²) in [6, 6.07) is 8.36. The summed E-state index contributed by atoms with van der Waals surface area (Å²) < 4.78 is 5.21. The van der Waals surface area contributed by atoms with Gasteiger partial charge < -0.3 is 14.9 Å². The van der Waals surface area contributed by atoms with Gasteiger partial charge in [-0.1, -0.05) is 56.5 Å². The van der Waals surface area contributed by atoms with E-state index in [1.54, 1.807) is 7.11 Å². The summed E-state index contributed by atoms with van der Waals surface area (Å²) >= 11 is 0. The van der Waals surface area contributed by atoms with Crippen molar-refractivity contribution >= 4 is 11.7 Å². The van der Waals surface area contributed by atoms with Crippen molar-refractivity contribution in [2.24, 2.45) is 0 Å². The van der Waals surface area contributed by atoms with Crippen molar-refractivity contribution < 1.29 is 19.7 Å². The molecule has 0 aliphatic carbocycles. The SMILES string of the molecule is C/C=C/C=C(\CCCCCC)c1ccc(OC)cc1.O=C(O)O. The predicted octanol–water partition coefficient (Wildman–Crippen LogP) is 5.85. The highest BCUT2D eigenvalue weighted by molar-refractivity contribution is 5.67. The molecule has 1 rings (SSSR count). The minimum Gasteiger partial charge on any atom is -0.497 e. The van der Waals surface area contributed by atoms with Crippen molar-refractivity contribution in [1.82, 2.24) is 0 Å². The highest BCUT2D eigenvalue weighted by Gasteiger charge is 2.01. The van der Waals surface area contributed by atoms with Crippen molar-refractivity contribution in [3.05, 3.63) is 48.1 Å². The normalized spacial score (nSPS) is 11.0. The van der Waals surface area contributed by atoms with Crippen LogP contribution in [-0.2, 0) is 0 Å². The summed E-state index contributed by atoms with van der Waals surface area (Å²) in [5.41, 5.74) is 2.72. The molecule has 0 heterocycles. The number of methoxy groups -OCH3 is 1. The zero-order valence-corrected chi connectivity index (χ0v) is 14.3. The first-order chi connectivity index (χ1) is 11.0. The van der Waals surface area contributed by atoms with E-state index in [1.165, 1.54) is 36.8 Å². The van der Waals surface area contributed by atoms with E-state index in [2.05, 4.69) is 44.2 Å². The van der Waals surface area contributed by atoms with Crippen LogP contribution in [-0.4, -0.2) is 23.5 Å². The maximum absolute atomic E-state index is 8.56. The molecule has 0 unspecified atom stereocenters. The molecular weight excluding hydrogens is 292 g/mol. The molecule has 0 saturated carbocycles. The summed E-state index contributed by atoms with van der Waals surface area (Å²) in [4.78, 5) is 8.56. The van der Waals surface area contributed by atoms with Crippen LogP contribution in [0, 0.1) is 0 Å². The Balaban J connectivity index is 0.00000108. The molecule has 23 heavy (non-hydrogen) atoms. The van der Waals surface area contributed by atoms with Gasteiger partial charge in [-0.2, -0.15) is 0 Å². The average Bonchev–Trinajstić information content (AvgIpc) is 2.54. The minimum atomic E-state index is -1.83. The number of ether oxygens (including phenoxy) is 1. The Morgan fingerprint density at radius 2 is 1.74 bits per heavy atom. The van der Waals surface area contributed by atoms with E-state index in [-0.39, 0.29) is 0 Å². The Morgan fingerprint density at radius 3 is 2.22 bits per heavy atom. The molecule has 0 aromatic heterocycles. The molecule has 0 radical (unpaired) electrons. The van der Waals surface area contributed by atoms with E-state index in [0.717, 1.165) is 12.2 Å². The number of carboxylic acid groups (broad SMARTS) is 2. The van der Waals surface area contributed by atoms with Crippen LogP contribution in [0.4, 0.5) is 4.79 Å². The van der Waals surface area contributed by atoms with Crippen LogP contribution in [0.15, 0.2) is 42.5 Å². The Kier molecular flexibility index (Phi) is 12.1.